The van der Waals surface area contributed by atoms with E-state index in [-0.39, 0.29) is 22.8 Å². The van der Waals surface area contributed by atoms with Crippen LogP contribution in [-0.2, 0) is 0 Å². The zero-order valence-corrected chi connectivity index (χ0v) is 13.0. The minimum absolute atomic E-state index is 0.207. The molecule has 0 aromatic heterocycles. The van der Waals surface area contributed by atoms with Crippen LogP contribution in [0.15, 0.2) is 42.5 Å². The lowest BCUT2D eigenvalue weighted by atomic mass is 10.0. The van der Waals surface area contributed by atoms with E-state index < -0.39 is 6.36 Å². The Labute approximate surface area is 137 Å². The Morgan fingerprint density at radius 1 is 1.08 bits per heavy atom. The molecule has 0 saturated heterocycles. The van der Waals surface area contributed by atoms with Crippen LogP contribution in [0.5, 0.6) is 11.5 Å². The third-order valence-electron chi connectivity index (χ3n) is 3.31. The number of phenolic OH excluding ortho intramolecular Hbond substituents is 1. The van der Waals surface area contributed by atoms with Crippen molar-refractivity contribution in [1.82, 2.24) is 0 Å². The maximum Gasteiger partial charge on any atom is 0.573 e. The van der Waals surface area contributed by atoms with Crippen LogP contribution in [0.1, 0.15) is 27.0 Å². The Hall–Kier alpha value is -2.76. The van der Waals surface area contributed by atoms with Crippen LogP contribution >= 0.6 is 0 Å². The number of ether oxygens (including phenoxy) is 1. The predicted octanol–water partition coefficient (Wildman–Crippen LogP) is 4.80. The summed E-state index contributed by atoms with van der Waals surface area (Å²) in [6, 6.07) is 8.16. The molecule has 6 heteroatoms. The highest BCUT2D eigenvalue weighted by atomic mass is 19.4. The molecule has 1 N–H and O–H groups in total. The first-order valence-electron chi connectivity index (χ1n) is 7.04. The van der Waals surface area contributed by atoms with Gasteiger partial charge in [0.2, 0.25) is 0 Å². The van der Waals surface area contributed by atoms with Crippen LogP contribution in [0.2, 0.25) is 0 Å². The fraction of sp³-hybridized carbons (Fsp3) is 0.167. The maximum atomic E-state index is 12.1. The van der Waals surface area contributed by atoms with E-state index >= 15 is 0 Å². The van der Waals surface area contributed by atoms with E-state index in [1.807, 2.05) is 0 Å². The van der Waals surface area contributed by atoms with Gasteiger partial charge in [-0.3, -0.25) is 4.79 Å². The molecule has 0 amide bonds. The molecule has 126 valence electrons. The summed E-state index contributed by atoms with van der Waals surface area (Å²) >= 11 is 0. The quantitative estimate of drug-likeness (QED) is 0.644. The molecule has 0 heterocycles. The summed E-state index contributed by atoms with van der Waals surface area (Å²) in [5.41, 5.74) is 2.37. The van der Waals surface area contributed by atoms with Gasteiger partial charge < -0.3 is 9.84 Å². The fourth-order valence-electron chi connectivity index (χ4n) is 2.17. The molecule has 2 rings (SSSR count). The van der Waals surface area contributed by atoms with Crippen LogP contribution in [0.4, 0.5) is 13.2 Å². The van der Waals surface area contributed by atoms with Crippen LogP contribution in [0.25, 0.3) is 6.08 Å². The number of ketones is 1. The zero-order valence-electron chi connectivity index (χ0n) is 13.0. The predicted molar refractivity (Wildman–Crippen MR) is 84.1 cm³/mol. The zero-order chi connectivity index (χ0) is 17.9. The van der Waals surface area contributed by atoms with Crippen molar-refractivity contribution < 1.29 is 27.8 Å². The number of aryl methyl sites for hydroxylation is 2. The van der Waals surface area contributed by atoms with Crippen LogP contribution in [0.3, 0.4) is 0 Å². The number of rotatable bonds is 4. The molecule has 0 atom stereocenters. The van der Waals surface area contributed by atoms with Crippen LogP contribution in [-0.4, -0.2) is 17.3 Å². The number of allylic oxidation sites excluding steroid dienone is 1. The van der Waals surface area contributed by atoms with E-state index in [0.717, 1.165) is 17.7 Å². The number of alkyl halides is 3. The molecule has 0 fully saturated rings. The lowest BCUT2D eigenvalue weighted by molar-refractivity contribution is -0.274. The summed E-state index contributed by atoms with van der Waals surface area (Å²) in [7, 11) is 0. The Bertz CT molecular complexity index is 752. The minimum atomic E-state index is -4.76. The molecule has 0 spiro atoms. The molecule has 0 aliphatic rings. The lowest BCUT2D eigenvalue weighted by Crippen LogP contribution is -2.17. The summed E-state index contributed by atoms with van der Waals surface area (Å²) in [6.07, 6.45) is -1.85. The summed E-state index contributed by atoms with van der Waals surface area (Å²) in [6.45, 7) is 3.50. The highest BCUT2D eigenvalue weighted by Crippen LogP contribution is 2.24. The van der Waals surface area contributed by atoms with Crippen molar-refractivity contribution in [3.8, 4) is 11.5 Å². The number of aromatic hydroxyl groups is 1. The maximum absolute atomic E-state index is 12.1. The number of phenols is 1. The molecule has 0 saturated carbocycles. The summed E-state index contributed by atoms with van der Waals surface area (Å²) in [5, 5.41) is 9.71. The monoisotopic (exact) mass is 336 g/mol. The van der Waals surface area contributed by atoms with Crippen molar-refractivity contribution >= 4 is 11.9 Å². The summed E-state index contributed by atoms with van der Waals surface area (Å²) < 4.78 is 40.0. The topological polar surface area (TPSA) is 46.5 Å². The van der Waals surface area contributed by atoms with Gasteiger partial charge in [-0.2, -0.15) is 0 Å². The van der Waals surface area contributed by atoms with Crippen molar-refractivity contribution in [3.05, 3.63) is 64.7 Å². The molecular weight excluding hydrogens is 321 g/mol. The second-order valence-corrected chi connectivity index (χ2v) is 5.27. The number of hydrogen-bond donors (Lipinski definition) is 1. The van der Waals surface area contributed by atoms with E-state index in [1.165, 1.54) is 18.2 Å². The summed E-state index contributed by atoms with van der Waals surface area (Å²) in [4.78, 5) is 12.1. The van der Waals surface area contributed by atoms with Gasteiger partial charge in [0.15, 0.2) is 5.78 Å². The van der Waals surface area contributed by atoms with Crippen LogP contribution < -0.4 is 4.74 Å². The molecule has 2 aromatic rings. The highest BCUT2D eigenvalue weighted by Gasteiger charge is 2.30. The van der Waals surface area contributed by atoms with Gasteiger partial charge in [0.05, 0.1) is 0 Å². The van der Waals surface area contributed by atoms with E-state index in [4.69, 9.17) is 0 Å². The van der Waals surface area contributed by atoms with Crippen molar-refractivity contribution in [1.29, 1.82) is 0 Å². The normalized spacial score (nSPS) is 11.7. The smallest absolute Gasteiger partial charge is 0.507 e. The first-order valence-corrected chi connectivity index (χ1v) is 7.04. The van der Waals surface area contributed by atoms with Gasteiger partial charge >= 0.3 is 6.36 Å². The second kappa shape index (κ2) is 6.78. The largest absolute Gasteiger partial charge is 0.573 e. The molecule has 0 aliphatic heterocycles. The Morgan fingerprint density at radius 3 is 2.12 bits per heavy atom. The Morgan fingerprint density at radius 2 is 1.62 bits per heavy atom. The van der Waals surface area contributed by atoms with E-state index in [9.17, 15) is 23.1 Å². The molecule has 0 radical (unpaired) electrons. The number of carbonyl (C=O) groups excluding carboxylic acids is 1. The molecule has 3 nitrogen and oxygen atoms in total. The van der Waals surface area contributed by atoms with Crippen molar-refractivity contribution in [2.45, 2.75) is 20.2 Å². The first-order chi connectivity index (χ1) is 11.2. The number of benzene rings is 2. The van der Waals surface area contributed by atoms with Crippen LogP contribution in [0, 0.1) is 13.8 Å². The van der Waals surface area contributed by atoms with Gasteiger partial charge in [-0.15, -0.1) is 13.2 Å². The average molecular weight is 336 g/mol. The van der Waals surface area contributed by atoms with Gasteiger partial charge in [0, 0.05) is 5.56 Å². The Kier molecular flexibility index (Phi) is 4.97. The third-order valence-corrected chi connectivity index (χ3v) is 3.31. The number of hydrogen-bond acceptors (Lipinski definition) is 3. The van der Waals surface area contributed by atoms with Gasteiger partial charge in [0.1, 0.15) is 11.5 Å². The van der Waals surface area contributed by atoms with Gasteiger partial charge in [-0.25, -0.2) is 0 Å². The van der Waals surface area contributed by atoms with E-state index in [2.05, 4.69) is 4.74 Å². The molecule has 0 bridgehead atoms. The molecule has 0 unspecified atom stereocenters. The Balaban J connectivity index is 2.12. The standard InChI is InChI=1S/C18H15F3O3/c1-11-9-13(10-12(2)17(11)23)3-8-16(22)14-4-6-15(7-5-14)24-18(19,20)21/h3-10,23H,1-2H3/b8-3+. The van der Waals surface area contributed by atoms with Gasteiger partial charge in [-0.1, -0.05) is 6.08 Å². The molecule has 24 heavy (non-hydrogen) atoms. The highest BCUT2D eigenvalue weighted by molar-refractivity contribution is 6.06. The fourth-order valence-corrected chi connectivity index (χ4v) is 2.17. The molecule has 0 aliphatic carbocycles. The van der Waals surface area contributed by atoms with Crippen molar-refractivity contribution in [2.75, 3.05) is 0 Å². The second-order valence-electron chi connectivity index (χ2n) is 5.27. The first kappa shape index (κ1) is 17.6. The third kappa shape index (κ3) is 4.62. The van der Waals surface area contributed by atoms with E-state index in [1.54, 1.807) is 32.1 Å². The molecule has 2 aromatic carbocycles. The van der Waals surface area contributed by atoms with Crippen molar-refractivity contribution in [3.63, 3.8) is 0 Å². The lowest BCUT2D eigenvalue weighted by Gasteiger charge is -2.08. The SMILES string of the molecule is Cc1cc(/C=C/C(=O)c2ccc(OC(F)(F)F)cc2)cc(C)c1O. The number of carbonyl (C=O) groups is 1. The number of halogens is 3. The van der Waals surface area contributed by atoms with Crippen molar-refractivity contribution in [2.24, 2.45) is 0 Å². The summed E-state index contributed by atoms with van der Waals surface area (Å²) in [5.74, 6) is -0.525. The van der Waals surface area contributed by atoms with Gasteiger partial charge in [-0.05, 0) is 73.0 Å². The van der Waals surface area contributed by atoms with Gasteiger partial charge in [0.25, 0.3) is 0 Å². The minimum Gasteiger partial charge on any atom is -0.507 e. The van der Waals surface area contributed by atoms with E-state index in [0.29, 0.717) is 11.1 Å². The molecular formula is C18H15F3O3. The average Bonchev–Trinajstić information content (AvgIpc) is 2.49.